The van der Waals surface area contributed by atoms with E-state index >= 15 is 0 Å². The first-order valence-corrected chi connectivity index (χ1v) is 10.1. The average Bonchev–Trinajstić information content (AvgIpc) is 3.01. The summed E-state index contributed by atoms with van der Waals surface area (Å²) in [4.78, 5) is 34.1. The SMILES string of the molecule is O=C1c2c(c(O)c3ncccc3c2N2CCCCC2)C(=O)N1Cc1ccc(F)cc1. The lowest BCUT2D eigenvalue weighted by molar-refractivity contribution is 0.0642. The van der Waals surface area contributed by atoms with Crippen LogP contribution >= 0.6 is 0 Å². The van der Waals surface area contributed by atoms with E-state index in [0.717, 1.165) is 37.3 Å². The minimum Gasteiger partial charge on any atom is -0.505 e. The van der Waals surface area contributed by atoms with Crippen molar-refractivity contribution >= 4 is 28.4 Å². The number of nitrogens with zero attached hydrogens (tertiary/aromatic N) is 3. The Labute approximate surface area is 172 Å². The van der Waals surface area contributed by atoms with Gasteiger partial charge >= 0.3 is 0 Å². The van der Waals surface area contributed by atoms with Crippen molar-refractivity contribution < 1.29 is 19.1 Å². The molecule has 1 N–H and O–H groups in total. The second-order valence-corrected chi connectivity index (χ2v) is 7.72. The van der Waals surface area contributed by atoms with E-state index in [2.05, 4.69) is 9.88 Å². The minimum atomic E-state index is -0.553. The molecule has 3 aromatic rings. The zero-order chi connectivity index (χ0) is 20.8. The van der Waals surface area contributed by atoms with Gasteiger partial charge < -0.3 is 10.0 Å². The van der Waals surface area contributed by atoms with Crippen molar-refractivity contribution in [3.63, 3.8) is 0 Å². The van der Waals surface area contributed by atoms with Gasteiger partial charge in [0, 0.05) is 24.7 Å². The maximum Gasteiger partial charge on any atom is 0.265 e. The normalized spacial score (nSPS) is 16.4. The van der Waals surface area contributed by atoms with E-state index in [0.29, 0.717) is 22.2 Å². The summed E-state index contributed by atoms with van der Waals surface area (Å²) in [6, 6.07) is 9.27. The number of phenols is 1. The van der Waals surface area contributed by atoms with Crippen molar-refractivity contribution in [1.29, 1.82) is 0 Å². The third-order valence-corrected chi connectivity index (χ3v) is 5.86. The fourth-order valence-electron chi connectivity index (χ4n) is 4.42. The number of aromatic hydroxyl groups is 1. The molecule has 0 aliphatic carbocycles. The Morgan fingerprint density at radius 1 is 0.967 bits per heavy atom. The van der Waals surface area contributed by atoms with Gasteiger partial charge in [0.1, 0.15) is 11.3 Å². The Morgan fingerprint density at radius 3 is 2.40 bits per heavy atom. The Hall–Kier alpha value is -3.48. The lowest BCUT2D eigenvalue weighted by Crippen LogP contribution is -2.32. The number of imide groups is 1. The molecule has 0 radical (unpaired) electrons. The summed E-state index contributed by atoms with van der Waals surface area (Å²) in [5, 5.41) is 11.5. The molecule has 6 nitrogen and oxygen atoms in total. The molecule has 0 spiro atoms. The predicted molar refractivity (Wildman–Crippen MR) is 110 cm³/mol. The molecule has 152 valence electrons. The van der Waals surface area contributed by atoms with Gasteiger partial charge in [0.2, 0.25) is 0 Å². The second kappa shape index (κ2) is 7.09. The van der Waals surface area contributed by atoms with Crippen LogP contribution in [0.1, 0.15) is 45.5 Å². The lowest BCUT2D eigenvalue weighted by atomic mass is 9.98. The Morgan fingerprint density at radius 2 is 1.67 bits per heavy atom. The van der Waals surface area contributed by atoms with Gasteiger partial charge in [-0.1, -0.05) is 12.1 Å². The predicted octanol–water partition coefficient (Wildman–Crippen LogP) is 3.87. The fraction of sp³-hybridized carbons (Fsp3) is 0.261. The number of anilines is 1. The van der Waals surface area contributed by atoms with E-state index in [9.17, 15) is 19.1 Å². The summed E-state index contributed by atoms with van der Waals surface area (Å²) in [7, 11) is 0. The van der Waals surface area contributed by atoms with Crippen molar-refractivity contribution in [3.05, 3.63) is 65.1 Å². The number of carbonyl (C=O) groups is 2. The molecule has 2 aromatic carbocycles. The molecule has 5 rings (SSSR count). The number of hydrogen-bond acceptors (Lipinski definition) is 5. The monoisotopic (exact) mass is 405 g/mol. The second-order valence-electron chi connectivity index (χ2n) is 7.72. The molecule has 0 unspecified atom stereocenters. The molecule has 0 atom stereocenters. The third-order valence-electron chi connectivity index (χ3n) is 5.86. The number of aromatic nitrogens is 1. The number of halogens is 1. The Balaban J connectivity index is 1.67. The van der Waals surface area contributed by atoms with Crippen LogP contribution in [-0.2, 0) is 6.54 Å². The molecular weight excluding hydrogens is 385 g/mol. The maximum atomic E-state index is 13.4. The maximum absolute atomic E-state index is 13.4. The third kappa shape index (κ3) is 2.81. The highest BCUT2D eigenvalue weighted by Crippen LogP contribution is 2.44. The van der Waals surface area contributed by atoms with Crippen LogP contribution in [0.5, 0.6) is 5.75 Å². The van der Waals surface area contributed by atoms with Gasteiger partial charge in [0.15, 0.2) is 5.75 Å². The lowest BCUT2D eigenvalue weighted by Gasteiger charge is -2.31. The van der Waals surface area contributed by atoms with Gasteiger partial charge in [-0.15, -0.1) is 0 Å². The molecule has 1 aromatic heterocycles. The number of piperidine rings is 1. The van der Waals surface area contributed by atoms with Crippen molar-refractivity contribution in [2.24, 2.45) is 0 Å². The number of amides is 2. The molecule has 0 bridgehead atoms. The number of phenolic OH excluding ortho intramolecular Hbond substituents is 1. The zero-order valence-corrected chi connectivity index (χ0v) is 16.3. The molecule has 2 aliphatic rings. The Bertz CT molecular complexity index is 1170. The number of fused-ring (bicyclic) bond motifs is 2. The molecule has 0 saturated carbocycles. The standard InChI is InChI=1S/C23H20FN3O3/c24-15-8-6-14(7-9-15)13-27-22(29)17-18(23(27)30)21(28)19-16(5-4-10-25-19)20(17)26-11-2-1-3-12-26/h4-10,28H,1-3,11-13H2. The zero-order valence-electron chi connectivity index (χ0n) is 16.3. The first-order chi connectivity index (χ1) is 14.6. The number of pyridine rings is 1. The molecule has 30 heavy (non-hydrogen) atoms. The van der Waals surface area contributed by atoms with E-state index in [-0.39, 0.29) is 29.2 Å². The summed E-state index contributed by atoms with van der Waals surface area (Å²) in [6.07, 6.45) is 4.68. The molecule has 1 saturated heterocycles. The highest BCUT2D eigenvalue weighted by Gasteiger charge is 2.42. The van der Waals surface area contributed by atoms with Crippen LogP contribution in [0.15, 0.2) is 42.6 Å². The van der Waals surface area contributed by atoms with Crippen molar-refractivity contribution in [1.82, 2.24) is 9.88 Å². The molecule has 3 heterocycles. The molecule has 2 aliphatic heterocycles. The Kier molecular flexibility index (Phi) is 4.38. The van der Waals surface area contributed by atoms with Crippen LogP contribution in [0.4, 0.5) is 10.1 Å². The number of rotatable bonds is 3. The van der Waals surface area contributed by atoms with Gasteiger partial charge in [0.05, 0.1) is 23.4 Å². The van der Waals surface area contributed by atoms with Crippen molar-refractivity contribution in [2.75, 3.05) is 18.0 Å². The summed E-state index contributed by atoms with van der Waals surface area (Å²) in [6.45, 7) is 1.57. The largest absolute Gasteiger partial charge is 0.505 e. The summed E-state index contributed by atoms with van der Waals surface area (Å²) < 4.78 is 13.2. The number of carbonyl (C=O) groups excluding carboxylic acids is 2. The summed E-state index contributed by atoms with van der Waals surface area (Å²) in [5.74, 6) is -1.65. The number of benzene rings is 2. The van der Waals surface area contributed by atoms with Gasteiger partial charge in [-0.3, -0.25) is 19.5 Å². The van der Waals surface area contributed by atoms with Crippen molar-refractivity contribution in [3.8, 4) is 5.75 Å². The molecular formula is C23H20FN3O3. The van der Waals surface area contributed by atoms with E-state index in [1.807, 2.05) is 6.07 Å². The van der Waals surface area contributed by atoms with E-state index < -0.39 is 11.8 Å². The first kappa shape index (κ1) is 18.5. The number of hydrogen-bond donors (Lipinski definition) is 1. The molecule has 7 heteroatoms. The fourth-order valence-corrected chi connectivity index (χ4v) is 4.42. The van der Waals surface area contributed by atoms with Crippen LogP contribution in [0.25, 0.3) is 10.9 Å². The highest BCUT2D eigenvalue weighted by atomic mass is 19.1. The quantitative estimate of drug-likeness (QED) is 0.670. The van der Waals surface area contributed by atoms with Gasteiger partial charge in [-0.05, 0) is 49.1 Å². The average molecular weight is 405 g/mol. The van der Waals surface area contributed by atoms with E-state index in [4.69, 9.17) is 0 Å². The topological polar surface area (TPSA) is 73.7 Å². The summed E-state index contributed by atoms with van der Waals surface area (Å²) >= 11 is 0. The van der Waals surface area contributed by atoms with Gasteiger partial charge in [-0.2, -0.15) is 0 Å². The first-order valence-electron chi connectivity index (χ1n) is 10.1. The smallest absolute Gasteiger partial charge is 0.265 e. The van der Waals surface area contributed by atoms with Gasteiger partial charge in [-0.25, -0.2) is 4.39 Å². The van der Waals surface area contributed by atoms with Crippen LogP contribution in [0, 0.1) is 5.82 Å². The van der Waals surface area contributed by atoms with Crippen LogP contribution in [0.2, 0.25) is 0 Å². The van der Waals surface area contributed by atoms with E-state index in [1.165, 1.54) is 12.1 Å². The molecule has 1 fully saturated rings. The van der Waals surface area contributed by atoms with Crippen LogP contribution in [-0.4, -0.2) is 39.9 Å². The minimum absolute atomic E-state index is 0.00823. The van der Waals surface area contributed by atoms with E-state index in [1.54, 1.807) is 24.4 Å². The van der Waals surface area contributed by atoms with Gasteiger partial charge in [0.25, 0.3) is 11.8 Å². The summed E-state index contributed by atoms with van der Waals surface area (Å²) in [5.41, 5.74) is 1.87. The van der Waals surface area contributed by atoms with Crippen LogP contribution < -0.4 is 4.90 Å². The van der Waals surface area contributed by atoms with Crippen LogP contribution in [0.3, 0.4) is 0 Å². The van der Waals surface area contributed by atoms with Crippen molar-refractivity contribution in [2.45, 2.75) is 25.8 Å². The molecule has 2 amide bonds. The highest BCUT2D eigenvalue weighted by molar-refractivity contribution is 6.28.